The molecule has 1 unspecified atom stereocenters. The summed E-state index contributed by atoms with van der Waals surface area (Å²) in [5, 5.41) is 6.08. The van der Waals surface area contributed by atoms with Crippen LogP contribution in [0.4, 0.5) is 13.2 Å². The van der Waals surface area contributed by atoms with Crippen LogP contribution in [0, 0.1) is 5.92 Å². The lowest BCUT2D eigenvalue weighted by atomic mass is 10.1. The van der Waals surface area contributed by atoms with E-state index in [0.29, 0.717) is 31.0 Å². The summed E-state index contributed by atoms with van der Waals surface area (Å²) in [4.78, 5) is 4.28. The minimum absolute atomic E-state index is 0. The number of halogens is 4. The van der Waals surface area contributed by atoms with Crippen LogP contribution in [0.1, 0.15) is 24.5 Å². The molecular formula is C16H23F3IN3O2S. The summed E-state index contributed by atoms with van der Waals surface area (Å²) in [6.45, 7) is 3.04. The van der Waals surface area contributed by atoms with Crippen molar-refractivity contribution in [3.05, 3.63) is 35.4 Å². The standard InChI is InChI=1S/C16H22F3N3O2S.HI/c1-2-20-15(22-10-13-6-7-25(23,24)11-13)21-9-12-4-3-5-14(8-12)16(17,18)19;/h3-5,8,13H,2,6-7,9-11H2,1H3,(H2,20,21,22);1H. The van der Waals surface area contributed by atoms with Gasteiger partial charge in [-0.2, -0.15) is 13.2 Å². The lowest BCUT2D eigenvalue weighted by Gasteiger charge is -2.14. The van der Waals surface area contributed by atoms with E-state index in [-0.39, 0.29) is 47.9 Å². The van der Waals surface area contributed by atoms with Crippen LogP contribution < -0.4 is 10.6 Å². The Hall–Kier alpha value is -1.04. The van der Waals surface area contributed by atoms with Gasteiger partial charge in [-0.3, -0.25) is 0 Å². The maximum Gasteiger partial charge on any atom is 0.416 e. The molecule has 2 N–H and O–H groups in total. The molecule has 1 aliphatic heterocycles. The number of alkyl halides is 3. The van der Waals surface area contributed by atoms with Gasteiger partial charge in [0.1, 0.15) is 0 Å². The van der Waals surface area contributed by atoms with E-state index >= 15 is 0 Å². The number of benzene rings is 1. The van der Waals surface area contributed by atoms with Gasteiger partial charge in [0.25, 0.3) is 0 Å². The molecule has 26 heavy (non-hydrogen) atoms. The fraction of sp³-hybridized carbons (Fsp3) is 0.562. The second kappa shape index (κ2) is 9.77. The van der Waals surface area contributed by atoms with Gasteiger partial charge in [-0.15, -0.1) is 24.0 Å². The molecule has 1 fully saturated rings. The Morgan fingerprint density at radius 3 is 2.62 bits per heavy atom. The largest absolute Gasteiger partial charge is 0.416 e. The van der Waals surface area contributed by atoms with Crippen LogP contribution in [0.5, 0.6) is 0 Å². The van der Waals surface area contributed by atoms with E-state index in [2.05, 4.69) is 15.6 Å². The van der Waals surface area contributed by atoms with E-state index in [1.807, 2.05) is 6.92 Å². The molecule has 0 bridgehead atoms. The van der Waals surface area contributed by atoms with Crippen LogP contribution in [0.15, 0.2) is 29.3 Å². The maximum absolute atomic E-state index is 12.7. The van der Waals surface area contributed by atoms with Crippen molar-refractivity contribution in [1.82, 2.24) is 10.6 Å². The zero-order chi connectivity index (χ0) is 18.5. The van der Waals surface area contributed by atoms with Crippen LogP contribution in [0.3, 0.4) is 0 Å². The van der Waals surface area contributed by atoms with Crippen LogP contribution in [0.2, 0.25) is 0 Å². The highest BCUT2D eigenvalue weighted by molar-refractivity contribution is 14.0. The highest BCUT2D eigenvalue weighted by atomic mass is 127. The Balaban J connectivity index is 0.00000338. The molecule has 1 aromatic carbocycles. The van der Waals surface area contributed by atoms with Crippen molar-refractivity contribution in [3.63, 3.8) is 0 Å². The molecule has 0 spiro atoms. The molecule has 0 radical (unpaired) electrons. The number of nitrogens with one attached hydrogen (secondary N) is 2. The molecule has 1 aromatic rings. The van der Waals surface area contributed by atoms with Gasteiger partial charge in [-0.25, -0.2) is 13.4 Å². The molecule has 1 heterocycles. The Kier molecular flexibility index (Phi) is 8.64. The van der Waals surface area contributed by atoms with Crippen molar-refractivity contribution in [2.24, 2.45) is 10.9 Å². The molecular weight excluding hydrogens is 482 g/mol. The van der Waals surface area contributed by atoms with Gasteiger partial charge < -0.3 is 10.6 Å². The fourth-order valence-corrected chi connectivity index (χ4v) is 4.49. The second-order valence-corrected chi connectivity index (χ2v) is 8.27. The van der Waals surface area contributed by atoms with Gasteiger partial charge in [-0.1, -0.05) is 12.1 Å². The van der Waals surface area contributed by atoms with Crippen molar-refractivity contribution in [3.8, 4) is 0 Å². The zero-order valence-corrected chi connectivity index (χ0v) is 17.5. The highest BCUT2D eigenvalue weighted by Crippen LogP contribution is 2.29. The van der Waals surface area contributed by atoms with E-state index in [1.54, 1.807) is 6.07 Å². The quantitative estimate of drug-likeness (QED) is 0.367. The van der Waals surface area contributed by atoms with Crippen molar-refractivity contribution in [2.75, 3.05) is 24.6 Å². The lowest BCUT2D eigenvalue weighted by Crippen LogP contribution is -2.40. The third kappa shape index (κ3) is 7.29. The van der Waals surface area contributed by atoms with Crippen molar-refractivity contribution >= 4 is 39.8 Å². The van der Waals surface area contributed by atoms with Crippen LogP contribution in [0.25, 0.3) is 0 Å². The van der Waals surface area contributed by atoms with E-state index < -0.39 is 21.6 Å². The van der Waals surface area contributed by atoms with Crippen molar-refractivity contribution < 1.29 is 21.6 Å². The summed E-state index contributed by atoms with van der Waals surface area (Å²) < 4.78 is 61.1. The molecule has 5 nitrogen and oxygen atoms in total. The van der Waals surface area contributed by atoms with Gasteiger partial charge in [0.2, 0.25) is 0 Å². The third-order valence-corrected chi connectivity index (χ3v) is 5.74. The van der Waals surface area contributed by atoms with E-state index in [4.69, 9.17) is 0 Å². The van der Waals surface area contributed by atoms with Gasteiger partial charge in [-0.05, 0) is 37.0 Å². The highest BCUT2D eigenvalue weighted by Gasteiger charge is 2.30. The average Bonchev–Trinajstić information content (AvgIpc) is 2.89. The minimum atomic E-state index is -4.38. The van der Waals surface area contributed by atoms with Crippen LogP contribution in [-0.4, -0.2) is 39.0 Å². The molecule has 1 aliphatic rings. The topological polar surface area (TPSA) is 70.6 Å². The first-order chi connectivity index (χ1) is 11.7. The Morgan fingerprint density at radius 1 is 1.31 bits per heavy atom. The number of nitrogens with zero attached hydrogens (tertiary/aromatic N) is 1. The van der Waals surface area contributed by atoms with Gasteiger partial charge in [0, 0.05) is 13.1 Å². The summed E-state index contributed by atoms with van der Waals surface area (Å²) in [6.07, 6.45) is -3.77. The average molecular weight is 505 g/mol. The normalized spacial score (nSPS) is 19.7. The van der Waals surface area contributed by atoms with Gasteiger partial charge >= 0.3 is 6.18 Å². The van der Waals surface area contributed by atoms with Gasteiger partial charge in [0.15, 0.2) is 15.8 Å². The van der Waals surface area contributed by atoms with Crippen molar-refractivity contribution in [2.45, 2.75) is 26.1 Å². The predicted molar refractivity (Wildman–Crippen MR) is 106 cm³/mol. The molecule has 2 rings (SSSR count). The number of aliphatic imine (C=N–C) groups is 1. The first-order valence-corrected chi connectivity index (χ1v) is 9.90. The predicted octanol–water partition coefficient (Wildman–Crippen LogP) is 2.81. The summed E-state index contributed by atoms with van der Waals surface area (Å²) in [7, 11) is -2.94. The van der Waals surface area contributed by atoms with E-state index in [1.165, 1.54) is 6.07 Å². The van der Waals surface area contributed by atoms with E-state index in [9.17, 15) is 21.6 Å². The summed E-state index contributed by atoms with van der Waals surface area (Å²) in [6, 6.07) is 5.05. The van der Waals surface area contributed by atoms with Crippen molar-refractivity contribution in [1.29, 1.82) is 0 Å². The minimum Gasteiger partial charge on any atom is -0.357 e. The molecule has 0 saturated carbocycles. The van der Waals surface area contributed by atoms with E-state index in [0.717, 1.165) is 12.1 Å². The second-order valence-electron chi connectivity index (χ2n) is 6.04. The molecule has 0 aliphatic carbocycles. The number of hydrogen-bond donors (Lipinski definition) is 2. The number of guanidine groups is 1. The first-order valence-electron chi connectivity index (χ1n) is 8.08. The first kappa shape index (κ1) is 23.0. The summed E-state index contributed by atoms with van der Waals surface area (Å²) >= 11 is 0. The summed E-state index contributed by atoms with van der Waals surface area (Å²) in [5.41, 5.74) is -0.246. The third-order valence-electron chi connectivity index (χ3n) is 3.90. The molecule has 0 amide bonds. The number of rotatable bonds is 5. The monoisotopic (exact) mass is 505 g/mol. The number of sulfone groups is 1. The van der Waals surface area contributed by atoms with Gasteiger partial charge in [0.05, 0.1) is 23.6 Å². The summed E-state index contributed by atoms with van der Waals surface area (Å²) in [5.74, 6) is 0.858. The fourth-order valence-electron chi connectivity index (χ4n) is 2.63. The molecule has 0 aromatic heterocycles. The van der Waals surface area contributed by atoms with Crippen LogP contribution >= 0.6 is 24.0 Å². The number of hydrogen-bond acceptors (Lipinski definition) is 3. The Morgan fingerprint density at radius 2 is 2.04 bits per heavy atom. The molecule has 148 valence electrons. The smallest absolute Gasteiger partial charge is 0.357 e. The Labute approximate surface area is 168 Å². The maximum atomic E-state index is 12.7. The lowest BCUT2D eigenvalue weighted by molar-refractivity contribution is -0.137. The molecule has 1 saturated heterocycles. The Bertz CT molecular complexity index is 724. The zero-order valence-electron chi connectivity index (χ0n) is 14.3. The molecule has 10 heteroatoms. The molecule has 1 atom stereocenters. The SMILES string of the molecule is CCNC(=NCc1cccc(C(F)(F)F)c1)NCC1CCS(=O)(=O)C1.I. The van der Waals surface area contributed by atoms with Crippen LogP contribution in [-0.2, 0) is 22.6 Å².